The van der Waals surface area contributed by atoms with E-state index in [1.165, 1.54) is 7.11 Å². The number of hydrogen-bond acceptors (Lipinski definition) is 3. The van der Waals surface area contributed by atoms with Crippen LogP contribution in [0.3, 0.4) is 0 Å². The van der Waals surface area contributed by atoms with Gasteiger partial charge in [-0.2, -0.15) is 0 Å². The molecule has 0 unspecified atom stereocenters. The molecular formula is C10H10O4. The van der Waals surface area contributed by atoms with Gasteiger partial charge >= 0.3 is 5.97 Å². The smallest absolute Gasteiger partial charge is 0.339 e. The van der Waals surface area contributed by atoms with Crippen molar-refractivity contribution in [3.8, 4) is 5.75 Å². The Morgan fingerprint density at radius 1 is 1.36 bits per heavy atom. The Hall–Kier alpha value is -1.97. The van der Waals surface area contributed by atoms with Gasteiger partial charge in [0.05, 0.1) is 13.4 Å². The molecule has 74 valence electrons. The third-order valence-corrected chi connectivity index (χ3v) is 1.76. The zero-order valence-electron chi connectivity index (χ0n) is 7.60. The van der Waals surface area contributed by atoms with Crippen LogP contribution in [0.1, 0.15) is 5.56 Å². The van der Waals surface area contributed by atoms with Crippen molar-refractivity contribution in [2.75, 3.05) is 7.11 Å². The lowest BCUT2D eigenvalue weighted by molar-refractivity contribution is -0.130. The second kappa shape index (κ2) is 4.32. The molecule has 2 N–H and O–H groups in total. The van der Waals surface area contributed by atoms with Crippen LogP contribution in [0.15, 0.2) is 30.5 Å². The molecule has 0 aromatic heterocycles. The minimum atomic E-state index is -1.17. The van der Waals surface area contributed by atoms with Crippen LogP contribution in [0.2, 0.25) is 0 Å². The van der Waals surface area contributed by atoms with Gasteiger partial charge in [0.2, 0.25) is 0 Å². The van der Waals surface area contributed by atoms with Gasteiger partial charge in [-0.15, -0.1) is 0 Å². The number of carboxylic acids is 1. The number of hydrogen-bond donors (Lipinski definition) is 2. The molecule has 0 aliphatic heterocycles. The molecule has 0 amide bonds. The van der Waals surface area contributed by atoms with Crippen LogP contribution in [0, 0.1) is 0 Å². The van der Waals surface area contributed by atoms with E-state index < -0.39 is 5.97 Å². The number of aliphatic hydroxyl groups excluding tert-OH is 1. The van der Waals surface area contributed by atoms with Crippen molar-refractivity contribution in [3.63, 3.8) is 0 Å². The Bertz CT molecular complexity index is 351. The van der Waals surface area contributed by atoms with Gasteiger partial charge in [0.15, 0.2) is 0 Å². The molecule has 1 rings (SSSR count). The van der Waals surface area contributed by atoms with E-state index in [1.54, 1.807) is 24.3 Å². The summed E-state index contributed by atoms with van der Waals surface area (Å²) in [7, 11) is 1.52. The highest BCUT2D eigenvalue weighted by molar-refractivity contribution is 6.14. The molecule has 0 atom stereocenters. The van der Waals surface area contributed by atoms with Crippen molar-refractivity contribution in [2.24, 2.45) is 0 Å². The van der Waals surface area contributed by atoms with Crippen molar-refractivity contribution in [1.82, 2.24) is 0 Å². The number of ether oxygens (including phenoxy) is 1. The largest absolute Gasteiger partial charge is 0.515 e. The average Bonchev–Trinajstić information content (AvgIpc) is 2.19. The van der Waals surface area contributed by atoms with Crippen molar-refractivity contribution < 1.29 is 19.7 Å². The lowest BCUT2D eigenvalue weighted by Gasteiger charge is -2.02. The summed E-state index contributed by atoms with van der Waals surface area (Å²) in [5.41, 5.74) is 0.286. The Kier molecular flexibility index (Phi) is 3.12. The summed E-state index contributed by atoms with van der Waals surface area (Å²) in [6, 6.07) is 6.38. The summed E-state index contributed by atoms with van der Waals surface area (Å²) in [6.45, 7) is 0. The fraction of sp³-hybridized carbons (Fsp3) is 0.100. The molecule has 0 saturated carbocycles. The molecule has 0 heterocycles. The van der Waals surface area contributed by atoms with Gasteiger partial charge in [-0.05, 0) is 17.7 Å². The highest BCUT2D eigenvalue weighted by atomic mass is 16.5. The average molecular weight is 194 g/mol. The number of aliphatic hydroxyl groups is 1. The summed E-state index contributed by atoms with van der Waals surface area (Å²) in [5.74, 6) is -0.533. The number of benzene rings is 1. The Morgan fingerprint density at radius 3 is 2.29 bits per heavy atom. The molecule has 0 spiro atoms. The first kappa shape index (κ1) is 10.1. The second-order valence-electron chi connectivity index (χ2n) is 2.58. The van der Waals surface area contributed by atoms with Gasteiger partial charge in [0, 0.05) is 0 Å². The van der Waals surface area contributed by atoms with E-state index >= 15 is 0 Å². The lowest BCUT2D eigenvalue weighted by atomic mass is 10.1. The molecular weight excluding hydrogens is 184 g/mol. The third-order valence-electron chi connectivity index (χ3n) is 1.76. The summed E-state index contributed by atoms with van der Waals surface area (Å²) in [4.78, 5) is 10.6. The Labute approximate surface area is 81.1 Å². The standard InChI is InChI=1S/C10H10O4/c1-14-8-4-2-7(3-5-8)9(6-11)10(12)13/h2-6,11H,1H3,(H,12,13)/b9-6-. The lowest BCUT2D eigenvalue weighted by Crippen LogP contribution is -1.99. The van der Waals surface area contributed by atoms with E-state index in [-0.39, 0.29) is 5.57 Å². The molecule has 0 saturated heterocycles. The first-order chi connectivity index (χ1) is 6.69. The van der Waals surface area contributed by atoms with Crippen LogP contribution in [-0.2, 0) is 4.79 Å². The van der Waals surface area contributed by atoms with E-state index in [9.17, 15) is 4.79 Å². The number of carbonyl (C=O) groups is 1. The monoisotopic (exact) mass is 194 g/mol. The molecule has 1 aromatic rings. The highest BCUT2D eigenvalue weighted by Gasteiger charge is 2.09. The summed E-state index contributed by atoms with van der Waals surface area (Å²) < 4.78 is 4.91. The molecule has 1 aromatic carbocycles. The predicted molar refractivity (Wildman–Crippen MR) is 51.2 cm³/mol. The highest BCUT2D eigenvalue weighted by Crippen LogP contribution is 2.18. The van der Waals surface area contributed by atoms with E-state index in [1.807, 2.05) is 0 Å². The Morgan fingerprint density at radius 2 is 1.93 bits per heavy atom. The SMILES string of the molecule is COc1ccc(/C(=C/O)C(=O)O)cc1. The van der Waals surface area contributed by atoms with Gasteiger partial charge in [-0.1, -0.05) is 12.1 Å². The van der Waals surface area contributed by atoms with Gasteiger partial charge in [-0.3, -0.25) is 0 Å². The minimum Gasteiger partial charge on any atom is -0.515 e. The Balaban J connectivity index is 3.02. The van der Waals surface area contributed by atoms with Gasteiger partial charge in [-0.25, -0.2) is 4.79 Å². The van der Waals surface area contributed by atoms with Crippen molar-refractivity contribution in [1.29, 1.82) is 0 Å². The number of carboxylic acid groups (broad SMARTS) is 1. The molecule has 0 radical (unpaired) electrons. The molecule has 4 heteroatoms. The molecule has 0 aliphatic carbocycles. The van der Waals surface area contributed by atoms with Crippen molar-refractivity contribution in [2.45, 2.75) is 0 Å². The van der Waals surface area contributed by atoms with E-state index in [2.05, 4.69) is 0 Å². The fourth-order valence-corrected chi connectivity index (χ4v) is 1.02. The zero-order valence-corrected chi connectivity index (χ0v) is 7.60. The summed E-state index contributed by atoms with van der Waals surface area (Å²) in [5, 5.41) is 17.4. The van der Waals surface area contributed by atoms with E-state index in [0.717, 1.165) is 0 Å². The van der Waals surface area contributed by atoms with Crippen LogP contribution < -0.4 is 4.74 Å². The molecule has 0 bridgehead atoms. The first-order valence-corrected chi connectivity index (χ1v) is 3.91. The topological polar surface area (TPSA) is 66.8 Å². The van der Waals surface area contributed by atoms with Crippen LogP contribution >= 0.6 is 0 Å². The summed E-state index contributed by atoms with van der Waals surface area (Å²) in [6.07, 6.45) is 0.574. The maximum atomic E-state index is 10.6. The van der Waals surface area contributed by atoms with Crippen LogP contribution in [0.4, 0.5) is 0 Å². The normalized spacial score (nSPS) is 11.1. The number of methoxy groups -OCH3 is 1. The number of rotatable bonds is 3. The van der Waals surface area contributed by atoms with E-state index in [4.69, 9.17) is 14.9 Å². The molecule has 0 aliphatic rings. The van der Waals surface area contributed by atoms with Crippen LogP contribution in [0.25, 0.3) is 5.57 Å². The van der Waals surface area contributed by atoms with Crippen molar-refractivity contribution >= 4 is 11.5 Å². The van der Waals surface area contributed by atoms with Gasteiger partial charge < -0.3 is 14.9 Å². The van der Waals surface area contributed by atoms with Crippen LogP contribution in [0.5, 0.6) is 5.75 Å². The summed E-state index contributed by atoms with van der Waals surface area (Å²) >= 11 is 0. The zero-order chi connectivity index (χ0) is 10.6. The number of aliphatic carboxylic acids is 1. The predicted octanol–water partition coefficient (Wildman–Crippen LogP) is 1.68. The van der Waals surface area contributed by atoms with Crippen molar-refractivity contribution in [3.05, 3.63) is 36.1 Å². The fourth-order valence-electron chi connectivity index (χ4n) is 1.02. The van der Waals surface area contributed by atoms with Crippen LogP contribution in [-0.4, -0.2) is 23.3 Å². The van der Waals surface area contributed by atoms with E-state index in [0.29, 0.717) is 17.6 Å². The van der Waals surface area contributed by atoms with Gasteiger partial charge in [0.1, 0.15) is 11.3 Å². The third kappa shape index (κ3) is 2.04. The molecule has 14 heavy (non-hydrogen) atoms. The maximum Gasteiger partial charge on any atom is 0.339 e. The quantitative estimate of drug-likeness (QED) is 0.567. The second-order valence-corrected chi connectivity index (χ2v) is 2.58. The molecule has 0 fully saturated rings. The maximum absolute atomic E-state index is 10.6. The first-order valence-electron chi connectivity index (χ1n) is 3.91. The minimum absolute atomic E-state index is 0.146. The van der Waals surface area contributed by atoms with Gasteiger partial charge in [0.25, 0.3) is 0 Å². The molecule has 4 nitrogen and oxygen atoms in total.